The van der Waals surface area contributed by atoms with Gasteiger partial charge in [-0.2, -0.15) is 0 Å². The normalized spacial score (nSPS) is 16.2. The SMILES string of the molecule is CC(C)C(Cc1nc(C(C)(C)C)cs1)C(C)N. The number of hydrogen-bond acceptors (Lipinski definition) is 3. The van der Waals surface area contributed by atoms with Crippen molar-refractivity contribution < 1.29 is 0 Å². The van der Waals surface area contributed by atoms with Gasteiger partial charge < -0.3 is 5.73 Å². The lowest BCUT2D eigenvalue weighted by Crippen LogP contribution is -2.32. The predicted molar refractivity (Wildman–Crippen MR) is 76.5 cm³/mol. The van der Waals surface area contributed by atoms with Crippen molar-refractivity contribution in [2.45, 2.75) is 59.4 Å². The molecular weight excluding hydrogens is 228 g/mol. The van der Waals surface area contributed by atoms with Gasteiger partial charge in [-0.25, -0.2) is 4.98 Å². The van der Waals surface area contributed by atoms with Crippen molar-refractivity contribution in [1.82, 2.24) is 4.98 Å². The Kier molecular flexibility index (Phi) is 4.73. The topological polar surface area (TPSA) is 38.9 Å². The first-order valence-corrected chi connectivity index (χ1v) is 7.30. The molecule has 98 valence electrons. The fraction of sp³-hybridized carbons (Fsp3) is 0.786. The highest BCUT2D eigenvalue weighted by atomic mass is 32.1. The third kappa shape index (κ3) is 4.07. The lowest BCUT2D eigenvalue weighted by molar-refractivity contribution is 0.329. The van der Waals surface area contributed by atoms with Gasteiger partial charge in [-0.1, -0.05) is 34.6 Å². The molecule has 0 bridgehead atoms. The summed E-state index contributed by atoms with van der Waals surface area (Å²) < 4.78 is 0. The van der Waals surface area contributed by atoms with Gasteiger partial charge in [0.2, 0.25) is 0 Å². The van der Waals surface area contributed by atoms with Gasteiger partial charge >= 0.3 is 0 Å². The molecule has 1 aromatic heterocycles. The second-order valence-corrected chi connectivity index (χ2v) is 7.29. The summed E-state index contributed by atoms with van der Waals surface area (Å²) >= 11 is 1.77. The summed E-state index contributed by atoms with van der Waals surface area (Å²) in [7, 11) is 0. The van der Waals surface area contributed by atoms with E-state index in [1.54, 1.807) is 11.3 Å². The molecular formula is C14H26N2S. The Morgan fingerprint density at radius 3 is 2.24 bits per heavy atom. The fourth-order valence-corrected chi connectivity index (χ4v) is 3.07. The van der Waals surface area contributed by atoms with Crippen LogP contribution in [-0.2, 0) is 11.8 Å². The van der Waals surface area contributed by atoms with E-state index in [-0.39, 0.29) is 11.5 Å². The molecule has 17 heavy (non-hydrogen) atoms. The van der Waals surface area contributed by atoms with E-state index in [1.165, 1.54) is 10.7 Å². The van der Waals surface area contributed by atoms with Crippen LogP contribution in [0.15, 0.2) is 5.38 Å². The molecule has 2 unspecified atom stereocenters. The van der Waals surface area contributed by atoms with Gasteiger partial charge in [0.1, 0.15) is 0 Å². The van der Waals surface area contributed by atoms with Crippen LogP contribution in [0.3, 0.4) is 0 Å². The highest BCUT2D eigenvalue weighted by Gasteiger charge is 2.22. The Bertz CT molecular complexity index is 339. The zero-order valence-electron chi connectivity index (χ0n) is 11.9. The first-order chi connectivity index (χ1) is 7.71. The van der Waals surface area contributed by atoms with Crippen LogP contribution in [0.25, 0.3) is 0 Å². The van der Waals surface area contributed by atoms with Crippen molar-refractivity contribution in [1.29, 1.82) is 0 Å². The Balaban J connectivity index is 2.78. The number of rotatable bonds is 4. The highest BCUT2D eigenvalue weighted by molar-refractivity contribution is 7.09. The molecule has 0 aliphatic carbocycles. The summed E-state index contributed by atoms with van der Waals surface area (Å²) in [6.07, 6.45) is 1.01. The van der Waals surface area contributed by atoms with Crippen LogP contribution in [0.1, 0.15) is 52.2 Å². The van der Waals surface area contributed by atoms with E-state index < -0.39 is 0 Å². The van der Waals surface area contributed by atoms with Gasteiger partial charge in [0.25, 0.3) is 0 Å². The summed E-state index contributed by atoms with van der Waals surface area (Å²) in [4.78, 5) is 4.75. The standard InChI is InChI=1S/C14H26N2S/c1-9(2)11(10(3)15)7-13-16-12(8-17-13)14(4,5)6/h8-11H,7,15H2,1-6H3. The number of hydrogen-bond donors (Lipinski definition) is 1. The van der Waals surface area contributed by atoms with Crippen molar-refractivity contribution >= 4 is 11.3 Å². The molecule has 0 spiro atoms. The minimum absolute atomic E-state index is 0.149. The number of nitrogens with zero attached hydrogens (tertiary/aromatic N) is 1. The van der Waals surface area contributed by atoms with Crippen molar-refractivity contribution in [2.24, 2.45) is 17.6 Å². The van der Waals surface area contributed by atoms with Crippen LogP contribution < -0.4 is 5.73 Å². The maximum Gasteiger partial charge on any atom is 0.0931 e. The molecule has 3 heteroatoms. The van der Waals surface area contributed by atoms with E-state index in [9.17, 15) is 0 Å². The maximum absolute atomic E-state index is 6.05. The molecule has 0 saturated carbocycles. The third-order valence-electron chi connectivity index (χ3n) is 3.26. The average Bonchev–Trinajstić information content (AvgIpc) is 2.60. The first-order valence-electron chi connectivity index (χ1n) is 6.42. The third-order valence-corrected chi connectivity index (χ3v) is 4.13. The summed E-state index contributed by atoms with van der Waals surface area (Å²) in [5.74, 6) is 1.13. The van der Waals surface area contributed by atoms with Crippen LogP contribution in [-0.4, -0.2) is 11.0 Å². The summed E-state index contributed by atoms with van der Waals surface area (Å²) in [6.45, 7) is 13.2. The molecule has 1 rings (SSSR count). The van der Waals surface area contributed by atoms with Gasteiger partial charge in [0.15, 0.2) is 0 Å². The van der Waals surface area contributed by atoms with Crippen LogP contribution in [0.2, 0.25) is 0 Å². The van der Waals surface area contributed by atoms with Gasteiger partial charge in [-0.05, 0) is 18.8 Å². The molecule has 0 aromatic carbocycles. The number of thiazole rings is 1. The van der Waals surface area contributed by atoms with E-state index in [4.69, 9.17) is 10.7 Å². The van der Waals surface area contributed by atoms with E-state index in [0.717, 1.165) is 6.42 Å². The van der Waals surface area contributed by atoms with E-state index in [2.05, 4.69) is 46.9 Å². The number of nitrogens with two attached hydrogens (primary N) is 1. The molecule has 0 fully saturated rings. The molecule has 0 amide bonds. The zero-order chi connectivity index (χ0) is 13.2. The maximum atomic E-state index is 6.05. The molecule has 1 heterocycles. The Morgan fingerprint density at radius 1 is 1.29 bits per heavy atom. The lowest BCUT2D eigenvalue weighted by Gasteiger charge is -2.23. The molecule has 0 aliphatic heterocycles. The van der Waals surface area contributed by atoms with E-state index in [1.807, 2.05) is 0 Å². The smallest absolute Gasteiger partial charge is 0.0931 e. The Morgan fingerprint density at radius 2 is 1.88 bits per heavy atom. The van der Waals surface area contributed by atoms with Gasteiger partial charge in [0.05, 0.1) is 10.7 Å². The second kappa shape index (κ2) is 5.49. The van der Waals surface area contributed by atoms with Crippen LogP contribution in [0.5, 0.6) is 0 Å². The van der Waals surface area contributed by atoms with E-state index in [0.29, 0.717) is 11.8 Å². The van der Waals surface area contributed by atoms with Crippen molar-refractivity contribution in [3.05, 3.63) is 16.1 Å². The average molecular weight is 254 g/mol. The predicted octanol–water partition coefficient (Wildman–Crippen LogP) is 3.60. The molecule has 0 saturated heterocycles. The van der Waals surface area contributed by atoms with Crippen LogP contribution in [0.4, 0.5) is 0 Å². The fourth-order valence-electron chi connectivity index (χ4n) is 1.98. The molecule has 1 aromatic rings. The highest BCUT2D eigenvalue weighted by Crippen LogP contribution is 2.27. The molecule has 2 atom stereocenters. The van der Waals surface area contributed by atoms with Gasteiger partial charge in [-0.3, -0.25) is 0 Å². The van der Waals surface area contributed by atoms with Crippen molar-refractivity contribution in [3.63, 3.8) is 0 Å². The molecule has 0 radical (unpaired) electrons. The summed E-state index contributed by atoms with van der Waals surface area (Å²) in [5, 5.41) is 3.42. The van der Waals surface area contributed by atoms with E-state index >= 15 is 0 Å². The minimum atomic E-state index is 0.149. The first kappa shape index (κ1) is 14.7. The molecule has 0 aliphatic rings. The lowest BCUT2D eigenvalue weighted by atomic mass is 9.87. The van der Waals surface area contributed by atoms with Gasteiger partial charge in [0, 0.05) is 23.3 Å². The number of aromatic nitrogens is 1. The van der Waals surface area contributed by atoms with Gasteiger partial charge in [-0.15, -0.1) is 11.3 Å². The molecule has 2 N–H and O–H groups in total. The Labute approximate surface area is 110 Å². The summed E-state index contributed by atoms with van der Waals surface area (Å²) in [5.41, 5.74) is 7.40. The molecule has 2 nitrogen and oxygen atoms in total. The van der Waals surface area contributed by atoms with Crippen LogP contribution >= 0.6 is 11.3 Å². The zero-order valence-corrected chi connectivity index (χ0v) is 12.8. The largest absolute Gasteiger partial charge is 0.328 e. The van der Waals surface area contributed by atoms with Crippen molar-refractivity contribution in [2.75, 3.05) is 0 Å². The second-order valence-electron chi connectivity index (χ2n) is 6.35. The van der Waals surface area contributed by atoms with Crippen LogP contribution in [0, 0.1) is 11.8 Å². The monoisotopic (exact) mass is 254 g/mol. The summed E-state index contributed by atoms with van der Waals surface area (Å²) in [6, 6.07) is 0.233. The quantitative estimate of drug-likeness (QED) is 0.891. The Hall–Kier alpha value is -0.410. The van der Waals surface area contributed by atoms with Crippen molar-refractivity contribution in [3.8, 4) is 0 Å². The minimum Gasteiger partial charge on any atom is -0.328 e.